The number of thioether (sulfide) groups is 1. The molecule has 4 aromatic rings. The van der Waals surface area contributed by atoms with Crippen molar-refractivity contribution in [2.24, 2.45) is 0 Å². The fourth-order valence-corrected chi connectivity index (χ4v) is 5.58. The Morgan fingerprint density at radius 3 is 2.40 bits per heavy atom. The van der Waals surface area contributed by atoms with Crippen molar-refractivity contribution in [3.8, 4) is 22.1 Å². The van der Waals surface area contributed by atoms with Crippen LogP contribution in [0.15, 0.2) is 71.2 Å². The van der Waals surface area contributed by atoms with E-state index in [1.807, 2.05) is 64.9 Å². The number of hydrogen-bond acceptors (Lipinski definition) is 7. The van der Waals surface area contributed by atoms with E-state index in [1.54, 1.807) is 30.2 Å². The van der Waals surface area contributed by atoms with E-state index in [2.05, 4.69) is 32.8 Å². The third kappa shape index (κ3) is 5.27. The first kappa shape index (κ1) is 23.6. The van der Waals surface area contributed by atoms with Crippen LogP contribution in [-0.2, 0) is 5.75 Å². The second kappa shape index (κ2) is 10.6. The highest BCUT2D eigenvalue weighted by atomic mass is 32.2. The molecule has 9 heteroatoms. The van der Waals surface area contributed by atoms with Crippen molar-refractivity contribution in [3.05, 3.63) is 77.2 Å². The molecule has 0 N–H and O–H groups in total. The SMILES string of the molecule is COc1ccc(-n2c(SCc3ccc(C(=O)N4CCN(C)CC4)cc3)nnc2-c2cccs2)cc1. The number of carbonyl (C=O) groups excluding carboxylic acids is 1. The molecule has 0 unspecified atom stereocenters. The van der Waals surface area contributed by atoms with E-state index in [0.29, 0.717) is 0 Å². The number of amides is 1. The van der Waals surface area contributed by atoms with Crippen LogP contribution >= 0.6 is 23.1 Å². The molecule has 0 spiro atoms. The second-order valence-electron chi connectivity index (χ2n) is 8.40. The number of nitrogens with zero attached hydrogens (tertiary/aromatic N) is 5. The molecule has 0 saturated carbocycles. The van der Waals surface area contributed by atoms with Gasteiger partial charge in [-0.1, -0.05) is 30.0 Å². The standard InChI is InChI=1S/C26H27N5O2S2/c1-29-13-15-30(16-14-29)25(32)20-7-5-19(6-8-20)18-35-26-28-27-24(23-4-3-17-34-23)31(26)21-9-11-22(33-2)12-10-21/h3-12,17H,13-16,18H2,1-2H3. The van der Waals surface area contributed by atoms with Crippen molar-refractivity contribution in [1.29, 1.82) is 0 Å². The van der Waals surface area contributed by atoms with E-state index in [4.69, 9.17) is 4.74 Å². The molecule has 180 valence electrons. The lowest BCUT2D eigenvalue weighted by Crippen LogP contribution is -2.47. The summed E-state index contributed by atoms with van der Waals surface area (Å²) >= 11 is 3.27. The summed E-state index contributed by atoms with van der Waals surface area (Å²) in [5, 5.41) is 11.9. The lowest BCUT2D eigenvalue weighted by Gasteiger charge is -2.32. The lowest BCUT2D eigenvalue weighted by molar-refractivity contribution is 0.0664. The minimum Gasteiger partial charge on any atom is -0.497 e. The molecule has 1 aliphatic heterocycles. The summed E-state index contributed by atoms with van der Waals surface area (Å²) in [7, 11) is 3.75. The lowest BCUT2D eigenvalue weighted by atomic mass is 10.1. The van der Waals surface area contributed by atoms with E-state index in [0.717, 1.165) is 70.4 Å². The van der Waals surface area contributed by atoms with E-state index >= 15 is 0 Å². The quantitative estimate of drug-likeness (QED) is 0.340. The number of methoxy groups -OCH3 is 1. The van der Waals surface area contributed by atoms with Crippen molar-refractivity contribution >= 4 is 29.0 Å². The maximum atomic E-state index is 12.8. The number of piperazine rings is 1. The topological polar surface area (TPSA) is 63.5 Å². The van der Waals surface area contributed by atoms with Gasteiger partial charge in [0.2, 0.25) is 0 Å². The molecule has 0 atom stereocenters. The van der Waals surface area contributed by atoms with E-state index in [-0.39, 0.29) is 5.91 Å². The summed E-state index contributed by atoms with van der Waals surface area (Å²) < 4.78 is 7.41. The Bertz CT molecular complexity index is 1260. The highest BCUT2D eigenvalue weighted by Crippen LogP contribution is 2.32. The molecule has 7 nitrogen and oxygen atoms in total. The third-order valence-electron chi connectivity index (χ3n) is 6.06. The number of carbonyl (C=O) groups is 1. The van der Waals surface area contributed by atoms with Crippen LogP contribution in [0, 0.1) is 0 Å². The van der Waals surface area contributed by atoms with Gasteiger partial charge < -0.3 is 14.5 Å². The Morgan fingerprint density at radius 2 is 1.74 bits per heavy atom. The number of ether oxygens (including phenoxy) is 1. The van der Waals surface area contributed by atoms with Crippen LogP contribution in [0.4, 0.5) is 0 Å². The first-order valence-electron chi connectivity index (χ1n) is 11.5. The van der Waals surface area contributed by atoms with Crippen molar-refractivity contribution in [3.63, 3.8) is 0 Å². The first-order chi connectivity index (χ1) is 17.1. The van der Waals surface area contributed by atoms with Crippen LogP contribution < -0.4 is 4.74 Å². The van der Waals surface area contributed by atoms with Gasteiger partial charge in [-0.2, -0.15) is 0 Å². The van der Waals surface area contributed by atoms with Gasteiger partial charge in [-0.25, -0.2) is 0 Å². The maximum Gasteiger partial charge on any atom is 0.253 e. The minimum atomic E-state index is 0.108. The molecule has 3 heterocycles. The van der Waals surface area contributed by atoms with Crippen LogP contribution in [0.2, 0.25) is 0 Å². The van der Waals surface area contributed by atoms with Gasteiger partial charge in [0.25, 0.3) is 5.91 Å². The van der Waals surface area contributed by atoms with Gasteiger partial charge >= 0.3 is 0 Å². The van der Waals surface area contributed by atoms with E-state index in [9.17, 15) is 4.79 Å². The monoisotopic (exact) mass is 505 g/mol. The Hall–Kier alpha value is -3.14. The normalized spacial score (nSPS) is 14.3. The molecule has 5 rings (SSSR count). The fourth-order valence-electron chi connectivity index (χ4n) is 3.98. The van der Waals surface area contributed by atoms with Crippen LogP contribution in [0.25, 0.3) is 16.4 Å². The van der Waals surface area contributed by atoms with Gasteiger partial charge in [-0.3, -0.25) is 9.36 Å². The zero-order valence-electron chi connectivity index (χ0n) is 19.8. The predicted molar refractivity (Wildman–Crippen MR) is 141 cm³/mol. The summed E-state index contributed by atoms with van der Waals surface area (Å²) in [6.07, 6.45) is 0. The Labute approximate surface area is 213 Å². The summed E-state index contributed by atoms with van der Waals surface area (Å²) in [4.78, 5) is 18.1. The molecule has 0 radical (unpaired) electrons. The highest BCUT2D eigenvalue weighted by molar-refractivity contribution is 7.98. The van der Waals surface area contributed by atoms with Crippen molar-refractivity contribution < 1.29 is 9.53 Å². The number of benzene rings is 2. The molecule has 2 aromatic carbocycles. The van der Waals surface area contributed by atoms with Crippen LogP contribution in [0.3, 0.4) is 0 Å². The van der Waals surface area contributed by atoms with Crippen molar-refractivity contribution in [2.75, 3.05) is 40.3 Å². The van der Waals surface area contributed by atoms with Crippen LogP contribution in [0.1, 0.15) is 15.9 Å². The number of aromatic nitrogens is 3. The third-order valence-corrected chi connectivity index (χ3v) is 7.93. The highest BCUT2D eigenvalue weighted by Gasteiger charge is 2.21. The van der Waals surface area contributed by atoms with Gasteiger partial charge in [-0.15, -0.1) is 21.5 Å². The van der Waals surface area contributed by atoms with E-state index < -0.39 is 0 Å². The molecule has 1 saturated heterocycles. The molecule has 2 aromatic heterocycles. The Morgan fingerprint density at radius 1 is 1.00 bits per heavy atom. The van der Waals surface area contributed by atoms with Gasteiger partial charge in [0.05, 0.1) is 17.7 Å². The van der Waals surface area contributed by atoms with Gasteiger partial charge in [0, 0.05) is 37.5 Å². The largest absolute Gasteiger partial charge is 0.497 e. The first-order valence-corrected chi connectivity index (χ1v) is 13.3. The van der Waals surface area contributed by atoms with Crippen molar-refractivity contribution in [2.45, 2.75) is 10.9 Å². The van der Waals surface area contributed by atoms with Crippen molar-refractivity contribution in [1.82, 2.24) is 24.6 Å². The molecule has 35 heavy (non-hydrogen) atoms. The number of rotatable bonds is 7. The maximum absolute atomic E-state index is 12.8. The molecule has 1 aliphatic rings. The molecule has 1 fully saturated rings. The second-order valence-corrected chi connectivity index (χ2v) is 10.3. The Balaban J connectivity index is 1.32. The predicted octanol–water partition coefficient (Wildman–Crippen LogP) is 4.68. The fraction of sp³-hybridized carbons (Fsp3) is 0.269. The Kier molecular flexibility index (Phi) is 7.17. The van der Waals surface area contributed by atoms with Crippen LogP contribution in [-0.4, -0.2) is 70.8 Å². The molecule has 0 aliphatic carbocycles. The van der Waals surface area contributed by atoms with Gasteiger partial charge in [0.15, 0.2) is 11.0 Å². The summed E-state index contributed by atoms with van der Waals surface area (Å²) in [5.74, 6) is 2.46. The molecular weight excluding hydrogens is 478 g/mol. The zero-order valence-corrected chi connectivity index (χ0v) is 21.4. The van der Waals surface area contributed by atoms with E-state index in [1.165, 1.54) is 0 Å². The average Bonchev–Trinajstić information content (AvgIpc) is 3.58. The number of hydrogen-bond donors (Lipinski definition) is 0. The smallest absolute Gasteiger partial charge is 0.253 e. The molecular formula is C26H27N5O2S2. The summed E-state index contributed by atoms with van der Waals surface area (Å²) in [5.41, 5.74) is 2.85. The molecule has 0 bridgehead atoms. The zero-order chi connectivity index (χ0) is 24.2. The summed E-state index contributed by atoms with van der Waals surface area (Å²) in [6.45, 7) is 3.40. The van der Waals surface area contributed by atoms with Gasteiger partial charge in [0.1, 0.15) is 5.75 Å². The average molecular weight is 506 g/mol. The van der Waals surface area contributed by atoms with Crippen LogP contribution in [0.5, 0.6) is 5.75 Å². The number of likely N-dealkylation sites (N-methyl/N-ethyl adjacent to an activating group) is 1. The summed E-state index contributed by atoms with van der Waals surface area (Å²) in [6, 6.07) is 19.9. The number of thiophene rings is 1. The minimum absolute atomic E-state index is 0.108. The van der Waals surface area contributed by atoms with Gasteiger partial charge in [-0.05, 0) is 60.5 Å². The molecule has 1 amide bonds.